The molecular formula is C19H24N2O2. The number of likely N-dealkylation sites (tertiary alicyclic amines) is 1. The van der Waals surface area contributed by atoms with E-state index in [2.05, 4.69) is 11.9 Å². The number of aromatic nitrogens is 1. The van der Waals surface area contributed by atoms with Gasteiger partial charge < -0.3 is 9.88 Å². The Kier molecular flexibility index (Phi) is 4.79. The largest absolute Gasteiger partial charge is 0.340 e. The highest BCUT2D eigenvalue weighted by Gasteiger charge is 2.24. The first-order valence-corrected chi connectivity index (χ1v) is 8.59. The summed E-state index contributed by atoms with van der Waals surface area (Å²) in [7, 11) is 0. The second-order valence-corrected chi connectivity index (χ2v) is 6.36. The van der Waals surface area contributed by atoms with Crippen LogP contribution in [0.25, 0.3) is 10.9 Å². The van der Waals surface area contributed by atoms with Crippen molar-refractivity contribution in [2.24, 2.45) is 0 Å². The quantitative estimate of drug-likeness (QED) is 0.942. The number of benzene rings is 1. The molecule has 1 unspecified atom stereocenters. The van der Waals surface area contributed by atoms with Crippen LogP contribution in [0.15, 0.2) is 35.1 Å². The van der Waals surface area contributed by atoms with Gasteiger partial charge in [-0.1, -0.05) is 25.1 Å². The fraction of sp³-hybridized carbons (Fsp3) is 0.474. The zero-order valence-corrected chi connectivity index (χ0v) is 13.7. The standard InChI is InChI=1S/C19H24N2O2/c1-2-16-8-5-6-12-21(16)18(22)11-10-15-13-14-7-3-4-9-17(14)20-19(15)23/h3-4,7,9,13,16H,2,5-6,8,10-12H2,1H3,(H,20,23). The van der Waals surface area contributed by atoms with E-state index in [1.165, 1.54) is 6.42 Å². The van der Waals surface area contributed by atoms with E-state index in [4.69, 9.17) is 0 Å². The molecule has 1 fully saturated rings. The van der Waals surface area contributed by atoms with Crippen molar-refractivity contribution in [1.29, 1.82) is 0 Å². The first kappa shape index (κ1) is 15.8. The van der Waals surface area contributed by atoms with Crippen molar-refractivity contribution in [3.05, 3.63) is 46.2 Å². The Bertz CT molecular complexity index is 750. The average Bonchev–Trinajstić information content (AvgIpc) is 2.59. The molecule has 0 radical (unpaired) electrons. The third-order valence-corrected chi connectivity index (χ3v) is 4.86. The minimum Gasteiger partial charge on any atom is -0.340 e. The molecule has 1 aliphatic rings. The minimum atomic E-state index is -0.0813. The summed E-state index contributed by atoms with van der Waals surface area (Å²) in [6.07, 6.45) is 5.36. The summed E-state index contributed by atoms with van der Waals surface area (Å²) in [6.45, 7) is 3.01. The predicted molar refractivity (Wildman–Crippen MR) is 92.5 cm³/mol. The van der Waals surface area contributed by atoms with Crippen molar-refractivity contribution in [3.8, 4) is 0 Å². The Balaban J connectivity index is 1.71. The number of aryl methyl sites for hydroxylation is 1. The van der Waals surface area contributed by atoms with Crippen molar-refractivity contribution < 1.29 is 4.79 Å². The van der Waals surface area contributed by atoms with Crippen LogP contribution in [0.3, 0.4) is 0 Å². The second kappa shape index (κ2) is 6.99. The van der Waals surface area contributed by atoms with E-state index in [-0.39, 0.29) is 11.5 Å². The molecule has 1 amide bonds. The number of pyridine rings is 1. The van der Waals surface area contributed by atoms with Crippen molar-refractivity contribution in [1.82, 2.24) is 9.88 Å². The second-order valence-electron chi connectivity index (χ2n) is 6.36. The molecule has 1 N–H and O–H groups in total. The summed E-state index contributed by atoms with van der Waals surface area (Å²) in [5, 5.41) is 1.01. The number of rotatable bonds is 4. The maximum absolute atomic E-state index is 12.5. The van der Waals surface area contributed by atoms with Crippen LogP contribution >= 0.6 is 0 Å². The number of nitrogens with one attached hydrogen (secondary N) is 1. The lowest BCUT2D eigenvalue weighted by atomic mass is 9.99. The summed E-state index contributed by atoms with van der Waals surface area (Å²) in [4.78, 5) is 29.6. The van der Waals surface area contributed by atoms with Gasteiger partial charge in [0.15, 0.2) is 0 Å². The van der Waals surface area contributed by atoms with Crippen molar-refractivity contribution >= 4 is 16.8 Å². The van der Waals surface area contributed by atoms with Gasteiger partial charge in [0.25, 0.3) is 5.56 Å². The van der Waals surface area contributed by atoms with Crippen molar-refractivity contribution in [3.63, 3.8) is 0 Å². The van der Waals surface area contributed by atoms with E-state index in [1.54, 1.807) is 0 Å². The maximum atomic E-state index is 12.5. The molecule has 4 nitrogen and oxygen atoms in total. The number of fused-ring (bicyclic) bond motifs is 1. The third-order valence-electron chi connectivity index (χ3n) is 4.86. The van der Waals surface area contributed by atoms with Gasteiger partial charge in [0, 0.05) is 30.1 Å². The molecule has 0 spiro atoms. The van der Waals surface area contributed by atoms with Crippen molar-refractivity contribution in [2.45, 2.75) is 51.5 Å². The molecule has 0 saturated carbocycles. The molecule has 1 aliphatic heterocycles. The van der Waals surface area contributed by atoms with Crippen LogP contribution in [-0.2, 0) is 11.2 Å². The number of piperidine rings is 1. The summed E-state index contributed by atoms with van der Waals surface area (Å²) in [5.41, 5.74) is 1.46. The van der Waals surface area contributed by atoms with Gasteiger partial charge in [0.2, 0.25) is 5.91 Å². The summed E-state index contributed by atoms with van der Waals surface area (Å²) in [6, 6.07) is 10.0. The van der Waals surface area contributed by atoms with Gasteiger partial charge in [-0.2, -0.15) is 0 Å². The molecule has 0 bridgehead atoms. The highest BCUT2D eigenvalue weighted by molar-refractivity contribution is 5.79. The fourth-order valence-corrected chi connectivity index (χ4v) is 3.52. The van der Waals surface area contributed by atoms with Crippen LogP contribution in [0, 0.1) is 0 Å². The van der Waals surface area contributed by atoms with Gasteiger partial charge in [0.1, 0.15) is 0 Å². The number of amides is 1. The number of aromatic amines is 1. The molecule has 1 saturated heterocycles. The molecule has 0 aliphatic carbocycles. The van der Waals surface area contributed by atoms with Crippen LogP contribution < -0.4 is 5.56 Å². The van der Waals surface area contributed by atoms with Crippen LogP contribution in [0.4, 0.5) is 0 Å². The van der Waals surface area contributed by atoms with Crippen LogP contribution in [-0.4, -0.2) is 28.4 Å². The molecule has 1 aromatic heterocycles. The number of para-hydroxylation sites is 1. The van der Waals surface area contributed by atoms with Gasteiger partial charge in [-0.05, 0) is 49.6 Å². The Hall–Kier alpha value is -2.10. The predicted octanol–water partition coefficient (Wildman–Crippen LogP) is 3.25. The smallest absolute Gasteiger partial charge is 0.251 e. The highest BCUT2D eigenvalue weighted by Crippen LogP contribution is 2.20. The molecule has 2 heterocycles. The Morgan fingerprint density at radius 2 is 2.13 bits per heavy atom. The first-order valence-electron chi connectivity index (χ1n) is 8.59. The van der Waals surface area contributed by atoms with E-state index in [1.807, 2.05) is 35.2 Å². The summed E-state index contributed by atoms with van der Waals surface area (Å²) in [5.74, 6) is 0.184. The molecule has 1 aromatic carbocycles. The monoisotopic (exact) mass is 312 g/mol. The van der Waals surface area contributed by atoms with E-state index in [9.17, 15) is 9.59 Å². The zero-order valence-electron chi connectivity index (χ0n) is 13.7. The number of nitrogens with zero attached hydrogens (tertiary/aromatic N) is 1. The van der Waals surface area contributed by atoms with Crippen LogP contribution in [0.2, 0.25) is 0 Å². The van der Waals surface area contributed by atoms with Gasteiger partial charge in [0.05, 0.1) is 0 Å². The minimum absolute atomic E-state index is 0.0813. The molecule has 23 heavy (non-hydrogen) atoms. The summed E-state index contributed by atoms with van der Waals surface area (Å²) < 4.78 is 0. The average molecular weight is 312 g/mol. The van der Waals surface area contributed by atoms with Crippen LogP contribution in [0.1, 0.15) is 44.6 Å². The van der Waals surface area contributed by atoms with E-state index >= 15 is 0 Å². The molecule has 122 valence electrons. The van der Waals surface area contributed by atoms with Crippen molar-refractivity contribution in [2.75, 3.05) is 6.54 Å². The topological polar surface area (TPSA) is 53.2 Å². The number of hydrogen-bond acceptors (Lipinski definition) is 2. The lowest BCUT2D eigenvalue weighted by Gasteiger charge is -2.35. The molecule has 3 rings (SSSR count). The van der Waals surface area contributed by atoms with Gasteiger partial charge >= 0.3 is 0 Å². The Morgan fingerprint density at radius 1 is 1.30 bits per heavy atom. The SMILES string of the molecule is CCC1CCCCN1C(=O)CCc1cc2ccccc2[nH]c1=O. The summed E-state index contributed by atoms with van der Waals surface area (Å²) >= 11 is 0. The highest BCUT2D eigenvalue weighted by atomic mass is 16.2. The lowest BCUT2D eigenvalue weighted by Crippen LogP contribution is -2.43. The Labute approximate surface area is 136 Å². The molecular weight excluding hydrogens is 288 g/mol. The number of carbonyl (C=O) groups excluding carboxylic acids is 1. The molecule has 2 aromatic rings. The lowest BCUT2D eigenvalue weighted by molar-refractivity contribution is -0.134. The van der Waals surface area contributed by atoms with Gasteiger partial charge in [-0.3, -0.25) is 9.59 Å². The van der Waals surface area contributed by atoms with E-state index in [0.29, 0.717) is 24.4 Å². The number of carbonyl (C=O) groups is 1. The molecule has 4 heteroatoms. The normalized spacial score (nSPS) is 18.3. The van der Waals surface area contributed by atoms with E-state index in [0.717, 1.165) is 36.7 Å². The van der Waals surface area contributed by atoms with E-state index < -0.39 is 0 Å². The number of H-pyrrole nitrogens is 1. The molecule has 1 atom stereocenters. The fourth-order valence-electron chi connectivity index (χ4n) is 3.52. The third kappa shape index (κ3) is 3.46. The zero-order chi connectivity index (χ0) is 16.2. The first-order chi connectivity index (χ1) is 11.2. The van der Waals surface area contributed by atoms with Crippen LogP contribution in [0.5, 0.6) is 0 Å². The number of hydrogen-bond donors (Lipinski definition) is 1. The maximum Gasteiger partial charge on any atom is 0.251 e. The van der Waals surface area contributed by atoms with Gasteiger partial charge in [-0.15, -0.1) is 0 Å². The Morgan fingerprint density at radius 3 is 2.96 bits per heavy atom. The van der Waals surface area contributed by atoms with Gasteiger partial charge in [-0.25, -0.2) is 0 Å².